The van der Waals surface area contributed by atoms with Gasteiger partial charge in [0.1, 0.15) is 85.5 Å². The van der Waals surface area contributed by atoms with Crippen molar-refractivity contribution < 1.29 is 251 Å². The molecule has 6 saturated heterocycles. The highest BCUT2D eigenvalue weighted by Crippen LogP contribution is 2.43. The van der Waals surface area contributed by atoms with Crippen molar-refractivity contribution in [3.63, 3.8) is 0 Å². The molecule has 0 radical (unpaired) electrons. The zero-order valence-electron chi connectivity index (χ0n) is 74.0. The highest BCUT2D eigenvalue weighted by Gasteiger charge is 2.65. The number of aldehydes is 1. The van der Waals surface area contributed by atoms with Crippen molar-refractivity contribution >= 4 is 119 Å². The Balaban J connectivity index is 0.000000381. The van der Waals surface area contributed by atoms with E-state index in [0.29, 0.717) is 6.21 Å². The van der Waals surface area contributed by atoms with Crippen LogP contribution in [0.1, 0.15) is 92.9 Å². The van der Waals surface area contributed by atoms with Gasteiger partial charge in [0.25, 0.3) is 58.4 Å². The number of hydrazone groups is 1. The lowest BCUT2D eigenvalue weighted by Gasteiger charge is -2.50. The maximum atomic E-state index is 13.1. The highest BCUT2D eigenvalue weighted by atomic mass is 16.8. The first kappa shape index (κ1) is 116. The minimum Gasteiger partial charge on any atom is -0.477 e. The van der Waals surface area contributed by atoms with Crippen molar-refractivity contribution in [2.24, 2.45) is 10.9 Å². The van der Waals surface area contributed by atoms with E-state index in [1.165, 1.54) is 12.2 Å². The molecule has 6 fully saturated rings. The number of hydrogen-bond acceptors (Lipinski definition) is 47. The molecule has 0 aliphatic carbocycles. The number of ether oxygens (including phenoxy) is 10. The molecular formula is C76H110N12O51. The second-order valence-corrected chi connectivity index (χ2v) is 32.6. The predicted octanol–water partition coefficient (Wildman–Crippen LogP) is -18.6. The van der Waals surface area contributed by atoms with E-state index in [4.69, 9.17) is 53.2 Å². The molecule has 32 atom stereocenters. The minimum atomic E-state index is -3.36. The number of hydrazine groups is 1. The summed E-state index contributed by atoms with van der Waals surface area (Å²) in [5.41, 5.74) is 3.94. The van der Waals surface area contributed by atoms with Gasteiger partial charge in [-0.1, -0.05) is 0 Å². The third-order valence-corrected chi connectivity index (χ3v) is 22.2. The molecule has 0 aromatic rings. The van der Waals surface area contributed by atoms with E-state index in [-0.39, 0.29) is 25.8 Å². The topological polar surface area (TPSA) is 1000 Å². The number of nitrogens with two attached hydrogens (primary N) is 1. The van der Waals surface area contributed by atoms with Gasteiger partial charge in [-0.25, -0.2) is 40.0 Å². The largest absolute Gasteiger partial charge is 0.477 e. The normalized spacial score (nSPS) is 33.9. The summed E-state index contributed by atoms with van der Waals surface area (Å²) in [7, 11) is 0. The summed E-state index contributed by atoms with van der Waals surface area (Å²) in [5.74, 6) is -35.7. The Hall–Kier alpha value is -11.4. The number of rotatable bonds is 41. The summed E-state index contributed by atoms with van der Waals surface area (Å²) in [6.07, 6.45) is -46.4. The molecule has 12 amide bonds. The van der Waals surface area contributed by atoms with Crippen LogP contribution < -0.4 is 48.6 Å². The summed E-state index contributed by atoms with van der Waals surface area (Å²) in [6.45, 7) is -0.181. The first-order valence-electron chi connectivity index (χ1n) is 41.5. The van der Waals surface area contributed by atoms with Gasteiger partial charge in [0.15, 0.2) is 6.29 Å². The number of carboxylic acid groups (broad SMARTS) is 6. The lowest BCUT2D eigenvalue weighted by atomic mass is 9.87. The molecule has 63 nitrogen and oxygen atoms in total. The number of imide groups is 2. The van der Waals surface area contributed by atoms with Crippen molar-refractivity contribution in [1.82, 2.24) is 52.6 Å². The van der Waals surface area contributed by atoms with Gasteiger partial charge in [-0.2, -0.15) is 5.10 Å². The second-order valence-electron chi connectivity index (χ2n) is 32.6. The summed E-state index contributed by atoms with van der Waals surface area (Å²) in [5, 5.41) is 252. The molecule has 0 aromatic carbocycles. The third-order valence-electron chi connectivity index (χ3n) is 22.2. The van der Waals surface area contributed by atoms with Crippen LogP contribution in [0.5, 0.6) is 0 Å². The van der Waals surface area contributed by atoms with E-state index in [2.05, 4.69) is 37.0 Å². The average Bonchev–Trinajstić information content (AvgIpc) is 1.33. The van der Waals surface area contributed by atoms with E-state index in [1.54, 1.807) is 0 Å². The Labute approximate surface area is 780 Å². The van der Waals surface area contributed by atoms with Gasteiger partial charge in [0.2, 0.25) is 47.3 Å². The number of aliphatic hydroxyl groups excluding tert-OH is 14. The summed E-state index contributed by atoms with van der Waals surface area (Å²) in [4.78, 5) is 230. The van der Waals surface area contributed by atoms with Crippen LogP contribution in [0.15, 0.2) is 29.4 Å². The third kappa shape index (κ3) is 28.5. The van der Waals surface area contributed by atoms with E-state index >= 15 is 0 Å². The molecule has 32 N–H and O–H groups in total. The SMILES string of the molecule is CC(=O)NC1C(O)CC(OC(CO)C(O)C2OC(OC(CO)C(O)C3OC(O)(C(=O)O)CC(O)C3NC(C)=O)(C(=O)O)CC(O)C2NC(C)=O)(C(=O)O)OC1/C=N/NC(=O)CCN1C(=O)C=CC1=O.CC(=O)NC1C(O)CC(OC(CO)C(O)C2OC(OC(CO)C(O)C3OC(O)(C(=O)O)CC(O)C3NC(C)=O)(C(=O)O)CC(O)C2NC(C)=O)(C(=O)O)OC1C=O.NNC(=O)CCN1C(=O)C=CC1=O. The molecule has 0 aromatic heterocycles. The van der Waals surface area contributed by atoms with Crippen LogP contribution in [0, 0.1) is 0 Å². The van der Waals surface area contributed by atoms with Crippen LogP contribution in [0.3, 0.4) is 0 Å². The monoisotopic (exact) mass is 2010 g/mol. The standard InChI is InChI=1S/C38H54N6O25.C31H47N3O23.C7H9N3O3/c1-14(47)40-26-18(51)9-37(34(60)61,65-20(26)11-39-43-23(53)6-7-44-24(54)4-5-25(44)55)66-22(13-46)30(57)32-28(42-16(3)49)19(52)10-38(69-32,35(62)63)67-21(12-45)29(56)31-27(41-15(2)48)17(50)8-36(64,68-31)33(58)59;1-10(38)32-19-14(42)5-30(27(48)49,53-16(19)7-35)54-18(9-37)23(45)25-21(34-12(3)40)15(43)6-31(57-25,28(50)51)55-17(8-36)22(44)24-20(33-11(2)39)13(41)4-29(52,56-24)26(46)47;8-9-5(11)3-4-10-6(12)1-2-7(10)13/h4-5,11,17-22,26-32,45-46,50-52,56-57,64H,6-10,12-13H2,1-3H3,(H,40,47)(H,41,48)(H,42,49)(H,43,53)(H,58,59)(H,60,61)(H,62,63);7,13-25,36-37,41-45,52H,4-6,8-9H2,1-3H3,(H,32,38)(H,33,39)(H,34,40)(H,46,47)(H,48,49)(H,50,51);1-2H,3-4,8H2,(H,9,11)/b39-11+;;. The number of carbonyl (C=O) groups is 19. The predicted molar refractivity (Wildman–Crippen MR) is 433 cm³/mol. The number of hydrogen-bond donors (Lipinski definition) is 31. The number of nitrogens with zero attached hydrogens (tertiary/aromatic N) is 3. The fraction of sp³-hybridized carbons (Fsp3) is 0.684. The Morgan fingerprint density at radius 3 is 0.878 bits per heavy atom. The number of aliphatic hydroxyl groups is 16. The quantitative estimate of drug-likeness (QED) is 0.00675. The fourth-order valence-corrected chi connectivity index (χ4v) is 15.7. The molecular weight excluding hydrogens is 1900 g/mol. The molecule has 63 heteroatoms. The molecule has 0 spiro atoms. The van der Waals surface area contributed by atoms with Crippen LogP contribution in [0.4, 0.5) is 0 Å². The van der Waals surface area contributed by atoms with E-state index in [9.17, 15) is 203 Å². The van der Waals surface area contributed by atoms with Crippen LogP contribution >= 0.6 is 0 Å². The molecule has 780 valence electrons. The maximum Gasteiger partial charge on any atom is 0.364 e. The lowest BCUT2D eigenvalue weighted by molar-refractivity contribution is -0.351. The molecule has 0 bridgehead atoms. The first-order chi connectivity index (χ1) is 64.7. The number of aliphatic carboxylic acids is 6. The number of carbonyl (C=O) groups excluding carboxylic acids is 13. The van der Waals surface area contributed by atoms with Gasteiger partial charge in [-0.05, 0) is 0 Å². The highest BCUT2D eigenvalue weighted by molar-refractivity contribution is 6.13. The molecule has 8 aliphatic heterocycles. The van der Waals surface area contributed by atoms with Crippen LogP contribution in [-0.4, -0.2) is 474 Å². The van der Waals surface area contributed by atoms with Gasteiger partial charge in [0, 0.05) is 130 Å². The number of carboxylic acids is 6. The average molecular weight is 2010 g/mol. The molecule has 139 heavy (non-hydrogen) atoms. The first-order valence-corrected chi connectivity index (χ1v) is 41.5. The smallest absolute Gasteiger partial charge is 0.364 e. The lowest BCUT2D eigenvalue weighted by Crippen LogP contribution is -2.71. The summed E-state index contributed by atoms with van der Waals surface area (Å²) in [6, 6.07) is -10.3. The van der Waals surface area contributed by atoms with Crippen LogP contribution in [0.25, 0.3) is 0 Å². The Morgan fingerprint density at radius 1 is 0.388 bits per heavy atom. The van der Waals surface area contributed by atoms with Crippen molar-refractivity contribution in [3.8, 4) is 0 Å². The Kier molecular flexibility index (Phi) is 41.1. The van der Waals surface area contributed by atoms with Crippen molar-refractivity contribution in [3.05, 3.63) is 24.3 Å². The zero-order chi connectivity index (χ0) is 105. The van der Waals surface area contributed by atoms with Gasteiger partial charge in [-0.3, -0.25) is 72.8 Å². The van der Waals surface area contributed by atoms with Gasteiger partial charge in [-0.15, -0.1) is 0 Å². The number of amides is 12. The van der Waals surface area contributed by atoms with Crippen LogP contribution in [0.2, 0.25) is 0 Å². The van der Waals surface area contributed by atoms with Gasteiger partial charge >= 0.3 is 35.8 Å². The molecule has 8 aliphatic rings. The Morgan fingerprint density at radius 2 is 0.626 bits per heavy atom. The minimum absolute atomic E-state index is 0.0199. The maximum absolute atomic E-state index is 13.1. The van der Waals surface area contributed by atoms with Crippen molar-refractivity contribution in [2.45, 2.75) is 286 Å². The molecule has 0 saturated carbocycles. The van der Waals surface area contributed by atoms with Gasteiger partial charge in [0.05, 0.1) is 106 Å². The van der Waals surface area contributed by atoms with E-state index in [1.807, 2.05) is 10.9 Å². The van der Waals surface area contributed by atoms with E-state index in [0.717, 1.165) is 63.5 Å². The second kappa shape index (κ2) is 49.1. The fourth-order valence-electron chi connectivity index (χ4n) is 15.7. The number of nitrogens with one attached hydrogen (secondary N) is 8. The van der Waals surface area contributed by atoms with Gasteiger partial charge < -0.3 is 196 Å². The van der Waals surface area contributed by atoms with E-state index < -0.39 is 371 Å². The van der Waals surface area contributed by atoms with Crippen molar-refractivity contribution in [1.29, 1.82) is 0 Å². The molecule has 8 heterocycles. The summed E-state index contributed by atoms with van der Waals surface area (Å²) < 4.78 is 54.7. The summed E-state index contributed by atoms with van der Waals surface area (Å²) >= 11 is 0. The zero-order valence-corrected chi connectivity index (χ0v) is 74.0. The van der Waals surface area contributed by atoms with Crippen molar-refractivity contribution in [2.75, 3.05) is 39.5 Å². The Bertz CT molecular complexity index is 4570. The van der Waals surface area contributed by atoms with Crippen LogP contribution in [-0.2, 0) is 138 Å². The molecule has 8 rings (SSSR count). The molecule has 32 unspecified atom stereocenters.